The fourth-order valence-corrected chi connectivity index (χ4v) is 5.64. The smallest absolute Gasteiger partial charge is 0.254 e. The Balaban J connectivity index is 1.51. The molecule has 2 amide bonds. The number of thiophene rings is 1. The highest BCUT2D eigenvalue weighted by Gasteiger charge is 2.33. The Bertz CT molecular complexity index is 1230. The van der Waals surface area contributed by atoms with Crippen molar-refractivity contribution < 1.29 is 23.5 Å². The quantitative estimate of drug-likeness (QED) is 0.294. The van der Waals surface area contributed by atoms with Gasteiger partial charge >= 0.3 is 0 Å². The molecule has 0 unspecified atom stereocenters. The van der Waals surface area contributed by atoms with Gasteiger partial charge < -0.3 is 19.3 Å². The Labute approximate surface area is 228 Å². The summed E-state index contributed by atoms with van der Waals surface area (Å²) in [6.07, 6.45) is 1.33. The normalized spacial score (nSPS) is 14.9. The second kappa shape index (κ2) is 13.0. The molecule has 0 aliphatic carbocycles. The molecule has 1 aliphatic rings. The molecule has 4 rings (SSSR count). The molecule has 8 heteroatoms. The van der Waals surface area contributed by atoms with Crippen LogP contribution in [0.1, 0.15) is 58.6 Å². The first-order chi connectivity index (χ1) is 18.4. The zero-order valence-electron chi connectivity index (χ0n) is 22.2. The lowest BCUT2D eigenvalue weighted by Gasteiger charge is -2.37. The second-order valence-electron chi connectivity index (χ2n) is 9.77. The maximum absolute atomic E-state index is 13.8. The van der Waals surface area contributed by atoms with Crippen molar-refractivity contribution in [3.8, 4) is 5.75 Å². The van der Waals surface area contributed by atoms with Gasteiger partial charge in [-0.05, 0) is 71.7 Å². The van der Waals surface area contributed by atoms with Gasteiger partial charge in [-0.1, -0.05) is 32.0 Å². The van der Waals surface area contributed by atoms with E-state index in [1.165, 1.54) is 33.5 Å². The first-order valence-corrected chi connectivity index (χ1v) is 13.9. The molecule has 1 aromatic heterocycles. The molecule has 2 aromatic carbocycles. The Morgan fingerprint density at radius 2 is 1.95 bits per heavy atom. The van der Waals surface area contributed by atoms with Crippen LogP contribution in [-0.4, -0.2) is 61.6 Å². The van der Waals surface area contributed by atoms with E-state index in [0.717, 1.165) is 17.7 Å². The zero-order valence-corrected chi connectivity index (χ0v) is 23.0. The second-order valence-corrected chi connectivity index (χ2v) is 10.8. The third-order valence-corrected chi connectivity index (χ3v) is 7.83. The van der Waals surface area contributed by atoms with Crippen LogP contribution >= 0.6 is 11.3 Å². The molecule has 0 N–H and O–H groups in total. The van der Waals surface area contributed by atoms with Crippen LogP contribution in [0.5, 0.6) is 5.75 Å². The first-order valence-electron chi connectivity index (χ1n) is 13.0. The summed E-state index contributed by atoms with van der Waals surface area (Å²) < 4.78 is 25.1. The lowest BCUT2D eigenvalue weighted by Crippen LogP contribution is -2.48. The van der Waals surface area contributed by atoms with Crippen LogP contribution in [0.3, 0.4) is 0 Å². The third kappa shape index (κ3) is 6.79. The third-order valence-electron chi connectivity index (χ3n) is 6.83. The van der Waals surface area contributed by atoms with Gasteiger partial charge in [-0.15, -0.1) is 11.3 Å². The van der Waals surface area contributed by atoms with Gasteiger partial charge in [-0.25, -0.2) is 4.39 Å². The lowest BCUT2D eigenvalue weighted by atomic mass is 10.00. The van der Waals surface area contributed by atoms with Gasteiger partial charge in [0.15, 0.2) is 0 Å². The summed E-state index contributed by atoms with van der Waals surface area (Å²) in [6.45, 7) is 5.85. The van der Waals surface area contributed by atoms with Crippen LogP contribution < -0.4 is 4.74 Å². The number of hydrogen-bond acceptors (Lipinski definition) is 5. The number of carbonyl (C=O) groups excluding carboxylic acids is 2. The zero-order chi connectivity index (χ0) is 27.1. The van der Waals surface area contributed by atoms with Crippen LogP contribution in [-0.2, 0) is 16.0 Å². The molecule has 3 aromatic rings. The minimum Gasteiger partial charge on any atom is -0.491 e. The number of fused-ring (bicyclic) bond motifs is 1. The van der Waals surface area contributed by atoms with Crippen molar-refractivity contribution >= 4 is 23.2 Å². The largest absolute Gasteiger partial charge is 0.491 e. The van der Waals surface area contributed by atoms with Crippen LogP contribution in [0.2, 0.25) is 0 Å². The van der Waals surface area contributed by atoms with Crippen molar-refractivity contribution in [2.45, 2.75) is 38.6 Å². The number of hydrogen-bond donors (Lipinski definition) is 0. The Kier molecular flexibility index (Phi) is 9.53. The van der Waals surface area contributed by atoms with Crippen molar-refractivity contribution in [2.75, 3.05) is 40.0 Å². The number of methoxy groups -OCH3 is 1. The topological polar surface area (TPSA) is 59.1 Å². The predicted molar refractivity (Wildman–Crippen MR) is 147 cm³/mol. The van der Waals surface area contributed by atoms with E-state index in [1.807, 2.05) is 22.4 Å². The van der Waals surface area contributed by atoms with E-state index < -0.39 is 5.82 Å². The summed E-state index contributed by atoms with van der Waals surface area (Å²) in [5.74, 6) is 0.170. The average molecular weight is 539 g/mol. The molecule has 0 spiro atoms. The van der Waals surface area contributed by atoms with E-state index in [9.17, 15) is 14.0 Å². The molecule has 202 valence electrons. The van der Waals surface area contributed by atoms with Crippen molar-refractivity contribution in [1.29, 1.82) is 0 Å². The van der Waals surface area contributed by atoms with Crippen LogP contribution in [0.4, 0.5) is 4.39 Å². The van der Waals surface area contributed by atoms with E-state index >= 15 is 0 Å². The number of benzene rings is 2. The van der Waals surface area contributed by atoms with E-state index in [1.54, 1.807) is 24.5 Å². The number of ether oxygens (including phenoxy) is 2. The van der Waals surface area contributed by atoms with Gasteiger partial charge in [-0.2, -0.15) is 0 Å². The lowest BCUT2D eigenvalue weighted by molar-refractivity contribution is -0.135. The number of nitrogens with zero attached hydrogens (tertiary/aromatic N) is 2. The van der Waals surface area contributed by atoms with E-state index in [2.05, 4.69) is 32.0 Å². The Morgan fingerprint density at radius 1 is 1.16 bits per heavy atom. The Hall–Kier alpha value is -3.23. The highest BCUT2D eigenvalue weighted by molar-refractivity contribution is 7.10. The van der Waals surface area contributed by atoms with Crippen molar-refractivity contribution in [1.82, 2.24) is 9.80 Å². The molecule has 1 atom stereocenters. The molecule has 0 saturated heterocycles. The van der Waals surface area contributed by atoms with Gasteiger partial charge in [0.25, 0.3) is 5.91 Å². The van der Waals surface area contributed by atoms with Crippen LogP contribution in [0, 0.1) is 5.82 Å². The standard InChI is InChI=1S/C30H35FN2O4S/c1-21(2)22-8-10-25(11-9-22)37-20-27-26-13-17-38-28(26)12-15-33(27)29(34)19-32(14-5-16-36-3)30(35)23-6-4-7-24(31)18-23/h4,6-11,13,17-18,21,27H,5,12,14-16,19-20H2,1-3H3/t27-/m0/s1. The molecule has 38 heavy (non-hydrogen) atoms. The van der Waals surface area contributed by atoms with E-state index in [0.29, 0.717) is 38.6 Å². The fourth-order valence-electron chi connectivity index (χ4n) is 4.71. The average Bonchev–Trinajstić information content (AvgIpc) is 3.40. The van der Waals surface area contributed by atoms with Gasteiger partial charge in [-0.3, -0.25) is 9.59 Å². The van der Waals surface area contributed by atoms with Crippen LogP contribution in [0.15, 0.2) is 60.0 Å². The van der Waals surface area contributed by atoms with Crippen molar-refractivity contribution in [2.24, 2.45) is 0 Å². The highest BCUT2D eigenvalue weighted by Crippen LogP contribution is 2.34. The number of amides is 2. The molecule has 6 nitrogen and oxygen atoms in total. The number of halogens is 1. The van der Waals surface area contributed by atoms with Gasteiger partial charge in [0.05, 0.1) is 6.04 Å². The molecule has 0 fully saturated rings. The minimum atomic E-state index is -0.487. The first kappa shape index (κ1) is 27.8. The number of carbonyl (C=O) groups is 2. The van der Waals surface area contributed by atoms with Crippen LogP contribution in [0.25, 0.3) is 0 Å². The monoisotopic (exact) mass is 538 g/mol. The van der Waals surface area contributed by atoms with E-state index in [-0.39, 0.29) is 30.0 Å². The predicted octanol–water partition coefficient (Wildman–Crippen LogP) is 5.69. The Morgan fingerprint density at radius 3 is 2.66 bits per heavy atom. The molecule has 0 radical (unpaired) electrons. The molecular weight excluding hydrogens is 503 g/mol. The maximum atomic E-state index is 13.8. The number of rotatable bonds is 11. The van der Waals surface area contributed by atoms with Gasteiger partial charge in [0.1, 0.15) is 24.7 Å². The SMILES string of the molecule is COCCCN(CC(=O)N1CCc2sccc2[C@@H]1COc1ccc(C(C)C)cc1)C(=O)c1cccc(F)c1. The summed E-state index contributed by atoms with van der Waals surface area (Å²) in [5.41, 5.74) is 2.55. The summed E-state index contributed by atoms with van der Waals surface area (Å²) in [5, 5.41) is 2.05. The molecule has 0 bridgehead atoms. The molecule has 1 aliphatic heterocycles. The summed E-state index contributed by atoms with van der Waals surface area (Å²) >= 11 is 1.69. The molecule has 2 heterocycles. The van der Waals surface area contributed by atoms with Gasteiger partial charge in [0.2, 0.25) is 5.91 Å². The summed E-state index contributed by atoms with van der Waals surface area (Å²) in [6, 6.07) is 15.4. The summed E-state index contributed by atoms with van der Waals surface area (Å²) in [7, 11) is 1.59. The van der Waals surface area contributed by atoms with Crippen molar-refractivity contribution in [3.05, 3.63) is 87.4 Å². The molecular formula is C30H35FN2O4S. The highest BCUT2D eigenvalue weighted by atomic mass is 32.1. The minimum absolute atomic E-state index is 0.0991. The van der Waals surface area contributed by atoms with E-state index in [4.69, 9.17) is 9.47 Å². The fraction of sp³-hybridized carbons (Fsp3) is 0.400. The molecule has 0 saturated carbocycles. The van der Waals surface area contributed by atoms with Crippen molar-refractivity contribution in [3.63, 3.8) is 0 Å². The van der Waals surface area contributed by atoms with Gasteiger partial charge in [0, 0.05) is 37.2 Å². The summed E-state index contributed by atoms with van der Waals surface area (Å²) in [4.78, 5) is 31.5. The maximum Gasteiger partial charge on any atom is 0.254 e.